The highest BCUT2D eigenvalue weighted by Gasteiger charge is 2.29. The molecule has 0 aromatic carbocycles. The number of fused-ring (bicyclic) bond motifs is 1. The molecule has 4 rings (SSSR count). The zero-order valence-corrected chi connectivity index (χ0v) is 18.2. The Morgan fingerprint density at radius 1 is 1.30 bits per heavy atom. The predicted octanol–water partition coefficient (Wildman–Crippen LogP) is 3.83. The molecular formula is C19H25ClN8O2. The topological polar surface area (TPSA) is 114 Å². The number of aryl methyl sites for hydroxylation is 1. The van der Waals surface area contributed by atoms with Crippen LogP contribution in [0.1, 0.15) is 45.3 Å². The van der Waals surface area contributed by atoms with Gasteiger partial charge in [-0.1, -0.05) is 0 Å². The lowest BCUT2D eigenvalue weighted by Crippen LogP contribution is -2.42. The van der Waals surface area contributed by atoms with Gasteiger partial charge in [-0.3, -0.25) is 5.10 Å². The second-order valence-corrected chi connectivity index (χ2v) is 8.77. The van der Waals surface area contributed by atoms with Crippen molar-refractivity contribution in [3.05, 3.63) is 23.2 Å². The highest BCUT2D eigenvalue weighted by atomic mass is 35.5. The Kier molecular flexibility index (Phi) is 5.27. The van der Waals surface area contributed by atoms with Crippen molar-refractivity contribution in [1.82, 2.24) is 34.8 Å². The third-order valence-corrected chi connectivity index (χ3v) is 5.01. The average Bonchev–Trinajstić information content (AvgIpc) is 3.26. The molecule has 4 heterocycles. The van der Waals surface area contributed by atoms with E-state index in [0.29, 0.717) is 30.4 Å². The maximum absolute atomic E-state index is 12.3. The molecule has 0 radical (unpaired) electrons. The number of hydrogen-bond acceptors (Lipinski definition) is 7. The summed E-state index contributed by atoms with van der Waals surface area (Å²) in [6.07, 6.45) is 2.95. The number of aromatic nitrogens is 6. The number of ether oxygens (including phenoxy) is 1. The summed E-state index contributed by atoms with van der Waals surface area (Å²) in [4.78, 5) is 22.8. The van der Waals surface area contributed by atoms with Crippen LogP contribution in [0, 0.1) is 6.92 Å². The highest BCUT2D eigenvalue weighted by molar-refractivity contribution is 6.28. The van der Waals surface area contributed by atoms with Crippen molar-refractivity contribution in [3.63, 3.8) is 0 Å². The van der Waals surface area contributed by atoms with E-state index < -0.39 is 5.60 Å². The van der Waals surface area contributed by atoms with Crippen molar-refractivity contribution >= 4 is 40.4 Å². The van der Waals surface area contributed by atoms with Crippen molar-refractivity contribution in [2.75, 3.05) is 18.4 Å². The molecule has 0 unspecified atom stereocenters. The number of halogens is 1. The minimum atomic E-state index is -0.504. The van der Waals surface area contributed by atoms with Crippen LogP contribution < -0.4 is 5.32 Å². The molecule has 1 amide bonds. The molecule has 160 valence electrons. The lowest BCUT2D eigenvalue weighted by molar-refractivity contribution is 0.0186. The minimum Gasteiger partial charge on any atom is -0.444 e. The van der Waals surface area contributed by atoms with Gasteiger partial charge in [-0.25, -0.2) is 9.48 Å². The molecule has 10 nitrogen and oxygen atoms in total. The summed E-state index contributed by atoms with van der Waals surface area (Å²) in [6, 6.07) is 1.98. The lowest BCUT2D eigenvalue weighted by atomic mass is 10.1. The zero-order valence-electron chi connectivity index (χ0n) is 17.4. The summed E-state index contributed by atoms with van der Waals surface area (Å²) in [5.41, 5.74) is 1.08. The lowest BCUT2D eigenvalue weighted by Gasteiger charge is -2.33. The molecule has 3 aromatic heterocycles. The van der Waals surface area contributed by atoms with Gasteiger partial charge in [0.1, 0.15) is 11.4 Å². The van der Waals surface area contributed by atoms with E-state index >= 15 is 0 Å². The van der Waals surface area contributed by atoms with Crippen molar-refractivity contribution in [1.29, 1.82) is 0 Å². The first-order chi connectivity index (χ1) is 14.2. The van der Waals surface area contributed by atoms with Crippen LogP contribution in [0.3, 0.4) is 0 Å². The molecule has 1 aliphatic heterocycles. The van der Waals surface area contributed by atoms with Crippen LogP contribution in [0.25, 0.3) is 11.0 Å². The molecular weight excluding hydrogens is 408 g/mol. The van der Waals surface area contributed by atoms with E-state index in [1.165, 1.54) is 0 Å². The number of piperidine rings is 1. The van der Waals surface area contributed by atoms with Crippen LogP contribution in [-0.4, -0.2) is 59.6 Å². The van der Waals surface area contributed by atoms with Gasteiger partial charge in [0, 0.05) is 24.8 Å². The number of rotatable bonds is 3. The molecule has 0 atom stereocenters. The molecule has 0 aliphatic carbocycles. The largest absolute Gasteiger partial charge is 0.444 e. The molecule has 3 aromatic rings. The fourth-order valence-electron chi connectivity index (χ4n) is 3.48. The number of nitrogens with one attached hydrogen (secondary N) is 2. The van der Waals surface area contributed by atoms with Crippen molar-refractivity contribution in [2.24, 2.45) is 0 Å². The summed E-state index contributed by atoms with van der Waals surface area (Å²) in [5, 5.41) is 15.7. The van der Waals surface area contributed by atoms with Crippen LogP contribution in [0.5, 0.6) is 0 Å². The summed E-state index contributed by atoms with van der Waals surface area (Å²) in [5.74, 6) is 1.19. The Labute approximate surface area is 179 Å². The molecule has 0 bridgehead atoms. The minimum absolute atomic E-state index is 0.104. The number of H-pyrrole nitrogens is 1. The molecule has 1 fully saturated rings. The second kappa shape index (κ2) is 7.75. The number of carbonyl (C=O) groups excluding carboxylic acids is 1. The van der Waals surface area contributed by atoms with E-state index in [1.807, 2.05) is 38.4 Å². The Morgan fingerprint density at radius 3 is 2.67 bits per heavy atom. The van der Waals surface area contributed by atoms with E-state index in [0.717, 1.165) is 23.9 Å². The first-order valence-electron chi connectivity index (χ1n) is 9.87. The van der Waals surface area contributed by atoms with E-state index in [-0.39, 0.29) is 17.4 Å². The Balaban J connectivity index is 1.52. The summed E-state index contributed by atoms with van der Waals surface area (Å²) < 4.78 is 7.34. The third kappa shape index (κ3) is 4.33. The molecule has 0 saturated carbocycles. The molecule has 0 spiro atoms. The molecule has 2 N–H and O–H groups in total. The normalized spacial score (nSPS) is 15.6. The van der Waals surface area contributed by atoms with E-state index in [4.69, 9.17) is 16.3 Å². The van der Waals surface area contributed by atoms with Gasteiger partial charge in [0.05, 0.1) is 17.6 Å². The third-order valence-electron chi connectivity index (χ3n) is 4.84. The standard InChI is InChI=1S/C19H25ClN8O2/c1-11-9-14(26-25-11)22-15-13-10-21-28(16(13)24-17(20)23-15)12-5-7-27(8-6-12)18(29)30-19(2,3)4/h9-10,12H,5-8H2,1-4H3,(H2,22,23,24,25,26). The molecule has 30 heavy (non-hydrogen) atoms. The fourth-order valence-corrected chi connectivity index (χ4v) is 3.65. The van der Waals surface area contributed by atoms with Gasteiger partial charge in [0.25, 0.3) is 0 Å². The first kappa shape index (κ1) is 20.4. The zero-order chi connectivity index (χ0) is 21.5. The molecule has 1 saturated heterocycles. The van der Waals surface area contributed by atoms with E-state index in [2.05, 4.69) is 30.6 Å². The maximum Gasteiger partial charge on any atom is 0.410 e. The number of aromatic amines is 1. The fraction of sp³-hybridized carbons (Fsp3) is 0.526. The van der Waals surface area contributed by atoms with Gasteiger partial charge in [0.15, 0.2) is 11.5 Å². The Morgan fingerprint density at radius 2 is 2.03 bits per heavy atom. The summed E-state index contributed by atoms with van der Waals surface area (Å²) in [7, 11) is 0. The maximum atomic E-state index is 12.3. The number of amides is 1. The van der Waals surface area contributed by atoms with Gasteiger partial charge in [-0.2, -0.15) is 20.2 Å². The first-order valence-corrected chi connectivity index (χ1v) is 10.2. The monoisotopic (exact) mass is 432 g/mol. The SMILES string of the molecule is Cc1cc(Nc2nc(Cl)nc3c2cnn3C2CCN(C(=O)OC(C)(C)C)CC2)n[nH]1. The molecule has 1 aliphatic rings. The number of hydrogen-bond donors (Lipinski definition) is 2. The molecule has 11 heteroatoms. The Bertz CT molecular complexity index is 1060. The summed E-state index contributed by atoms with van der Waals surface area (Å²) >= 11 is 6.19. The number of likely N-dealkylation sites (tertiary alicyclic amines) is 1. The number of anilines is 2. The number of nitrogens with zero attached hydrogens (tertiary/aromatic N) is 6. The highest BCUT2D eigenvalue weighted by Crippen LogP contribution is 2.30. The Hall–Kier alpha value is -2.88. The van der Waals surface area contributed by atoms with E-state index in [1.54, 1.807) is 11.1 Å². The van der Waals surface area contributed by atoms with Crippen LogP contribution in [0.15, 0.2) is 12.3 Å². The number of carbonyl (C=O) groups is 1. The van der Waals surface area contributed by atoms with Crippen LogP contribution >= 0.6 is 11.6 Å². The van der Waals surface area contributed by atoms with Crippen LogP contribution in [-0.2, 0) is 4.74 Å². The van der Waals surface area contributed by atoms with Gasteiger partial charge in [0.2, 0.25) is 5.28 Å². The van der Waals surface area contributed by atoms with Crippen molar-refractivity contribution < 1.29 is 9.53 Å². The van der Waals surface area contributed by atoms with E-state index in [9.17, 15) is 4.79 Å². The van der Waals surface area contributed by atoms with Gasteiger partial charge >= 0.3 is 6.09 Å². The van der Waals surface area contributed by atoms with Crippen LogP contribution in [0.4, 0.5) is 16.4 Å². The quantitative estimate of drug-likeness (QED) is 0.604. The second-order valence-electron chi connectivity index (χ2n) is 8.43. The van der Waals surface area contributed by atoms with Gasteiger partial charge < -0.3 is 15.0 Å². The van der Waals surface area contributed by atoms with Crippen LogP contribution in [0.2, 0.25) is 5.28 Å². The smallest absolute Gasteiger partial charge is 0.410 e. The van der Waals surface area contributed by atoms with Crippen molar-refractivity contribution in [3.8, 4) is 0 Å². The summed E-state index contributed by atoms with van der Waals surface area (Å²) in [6.45, 7) is 8.71. The van der Waals surface area contributed by atoms with Gasteiger partial charge in [-0.05, 0) is 52.1 Å². The predicted molar refractivity (Wildman–Crippen MR) is 113 cm³/mol. The van der Waals surface area contributed by atoms with Crippen molar-refractivity contribution in [2.45, 2.75) is 52.2 Å². The van der Waals surface area contributed by atoms with Gasteiger partial charge in [-0.15, -0.1) is 0 Å². The average molecular weight is 433 g/mol.